The van der Waals surface area contributed by atoms with Crippen LogP contribution >= 0.6 is 0 Å². The Balaban J connectivity index is 4.09. The number of ether oxygens (including phenoxy) is 1. The summed E-state index contributed by atoms with van der Waals surface area (Å²) in [6.07, 6.45) is 32.4. The third kappa shape index (κ3) is 27.0. The maximum absolute atomic E-state index is 12.1. The molecule has 0 aromatic carbocycles. The largest absolute Gasteiger partial charge is 0.466 e. The Labute approximate surface area is 240 Å². The molecule has 1 unspecified atom stereocenters. The van der Waals surface area contributed by atoms with Gasteiger partial charge in [0.25, 0.3) is 0 Å². The van der Waals surface area contributed by atoms with Crippen molar-refractivity contribution < 1.29 is 9.53 Å². The Bertz CT molecular complexity index is 467. The second kappa shape index (κ2) is 31.0. The second-order valence-corrected chi connectivity index (χ2v) is 12.0. The van der Waals surface area contributed by atoms with Gasteiger partial charge in [-0.2, -0.15) is 0 Å². The van der Waals surface area contributed by atoms with E-state index in [1.807, 2.05) is 0 Å². The molecule has 0 spiro atoms. The highest BCUT2D eigenvalue weighted by molar-refractivity contribution is 5.69. The summed E-state index contributed by atoms with van der Waals surface area (Å²) < 4.78 is 5.46. The van der Waals surface area contributed by atoms with Crippen molar-refractivity contribution in [2.45, 2.75) is 188 Å². The first-order chi connectivity index (χ1) is 18.7. The van der Waals surface area contributed by atoms with Crippen molar-refractivity contribution in [1.29, 1.82) is 0 Å². The lowest BCUT2D eigenvalue weighted by atomic mass is 9.95. The number of rotatable bonds is 31. The zero-order valence-corrected chi connectivity index (χ0v) is 26.8. The normalized spacial score (nSPS) is 12.3. The summed E-state index contributed by atoms with van der Waals surface area (Å²) in [5, 5.41) is 0. The molecule has 0 fully saturated rings. The number of nitrogens with zero attached hydrogens (tertiary/aromatic N) is 1. The molecule has 0 aliphatic carbocycles. The predicted octanol–water partition coefficient (Wildman–Crippen LogP) is 11.3. The van der Waals surface area contributed by atoms with Crippen molar-refractivity contribution >= 4 is 5.97 Å². The Morgan fingerprint density at radius 2 is 1.00 bits per heavy atom. The van der Waals surface area contributed by atoms with E-state index < -0.39 is 0 Å². The average molecular weight is 538 g/mol. The summed E-state index contributed by atoms with van der Waals surface area (Å²) in [4.78, 5) is 14.8. The highest BCUT2D eigenvalue weighted by Crippen LogP contribution is 2.18. The van der Waals surface area contributed by atoms with Crippen LogP contribution in [0, 0.1) is 5.92 Å². The van der Waals surface area contributed by atoms with Crippen LogP contribution in [0.15, 0.2) is 0 Å². The summed E-state index contributed by atoms with van der Waals surface area (Å²) in [5.41, 5.74) is 0. The van der Waals surface area contributed by atoms with Crippen LogP contribution in [0.2, 0.25) is 0 Å². The smallest absolute Gasteiger partial charge is 0.305 e. The quantitative estimate of drug-likeness (QED) is 0.0650. The van der Waals surface area contributed by atoms with Crippen molar-refractivity contribution in [3.05, 3.63) is 0 Å². The number of carbonyl (C=O) groups is 1. The Morgan fingerprint density at radius 1 is 0.526 bits per heavy atom. The number of hydrogen-bond donors (Lipinski definition) is 0. The van der Waals surface area contributed by atoms with Gasteiger partial charge in [-0.3, -0.25) is 4.79 Å². The molecule has 1 atom stereocenters. The van der Waals surface area contributed by atoms with Gasteiger partial charge in [-0.05, 0) is 57.7 Å². The minimum Gasteiger partial charge on any atom is -0.466 e. The van der Waals surface area contributed by atoms with Gasteiger partial charge >= 0.3 is 5.97 Å². The van der Waals surface area contributed by atoms with Crippen LogP contribution in [-0.4, -0.2) is 37.1 Å². The molecular weight excluding hydrogens is 466 g/mol. The molecule has 0 saturated carbocycles. The Morgan fingerprint density at radius 3 is 1.53 bits per heavy atom. The molecule has 3 nitrogen and oxygen atoms in total. The molecule has 0 aliphatic rings. The van der Waals surface area contributed by atoms with Gasteiger partial charge in [-0.1, -0.05) is 150 Å². The van der Waals surface area contributed by atoms with Gasteiger partial charge in [0.1, 0.15) is 0 Å². The highest BCUT2D eigenvalue weighted by atomic mass is 16.5. The first kappa shape index (κ1) is 37.4. The van der Waals surface area contributed by atoms with Crippen LogP contribution in [0.4, 0.5) is 0 Å². The monoisotopic (exact) mass is 538 g/mol. The first-order valence-corrected chi connectivity index (χ1v) is 17.6. The van der Waals surface area contributed by atoms with Gasteiger partial charge in [-0.25, -0.2) is 0 Å². The van der Waals surface area contributed by atoms with Gasteiger partial charge < -0.3 is 9.64 Å². The Hall–Kier alpha value is -0.570. The molecule has 3 heteroatoms. The molecule has 38 heavy (non-hydrogen) atoms. The molecule has 0 N–H and O–H groups in total. The van der Waals surface area contributed by atoms with Crippen LogP contribution in [-0.2, 0) is 9.53 Å². The summed E-state index contributed by atoms with van der Waals surface area (Å²) in [6, 6.07) is 0. The summed E-state index contributed by atoms with van der Waals surface area (Å²) >= 11 is 0. The van der Waals surface area contributed by atoms with E-state index in [-0.39, 0.29) is 5.97 Å². The predicted molar refractivity (Wildman–Crippen MR) is 169 cm³/mol. The molecule has 0 radical (unpaired) electrons. The molecule has 0 heterocycles. The molecule has 0 amide bonds. The van der Waals surface area contributed by atoms with E-state index in [2.05, 4.69) is 32.6 Å². The fourth-order valence-corrected chi connectivity index (χ4v) is 5.49. The molecule has 228 valence electrons. The number of esters is 1. The van der Waals surface area contributed by atoms with Crippen LogP contribution in [0.1, 0.15) is 188 Å². The number of carbonyl (C=O) groups excluding carboxylic acids is 1. The van der Waals surface area contributed by atoms with Gasteiger partial charge in [0, 0.05) is 6.42 Å². The minimum absolute atomic E-state index is 0.0126. The van der Waals surface area contributed by atoms with Crippen LogP contribution in [0.25, 0.3) is 0 Å². The number of unbranched alkanes of at least 4 members (excludes halogenated alkanes) is 17. The van der Waals surface area contributed by atoms with Gasteiger partial charge in [0.2, 0.25) is 0 Å². The summed E-state index contributed by atoms with van der Waals surface area (Å²) in [5.74, 6) is 0.894. The van der Waals surface area contributed by atoms with Crippen LogP contribution in [0.5, 0.6) is 0 Å². The van der Waals surface area contributed by atoms with Crippen molar-refractivity contribution in [1.82, 2.24) is 4.90 Å². The molecule has 0 saturated heterocycles. The van der Waals surface area contributed by atoms with E-state index in [1.165, 1.54) is 148 Å². The van der Waals surface area contributed by atoms with E-state index in [4.69, 9.17) is 4.74 Å². The van der Waals surface area contributed by atoms with Crippen molar-refractivity contribution in [3.8, 4) is 0 Å². The van der Waals surface area contributed by atoms with E-state index in [0.29, 0.717) is 13.0 Å². The van der Waals surface area contributed by atoms with E-state index in [9.17, 15) is 4.79 Å². The summed E-state index contributed by atoms with van der Waals surface area (Å²) in [6.45, 7) is 13.4. The van der Waals surface area contributed by atoms with Crippen molar-refractivity contribution in [2.75, 3.05) is 26.2 Å². The molecule has 0 rings (SSSR count). The lowest BCUT2D eigenvalue weighted by Crippen LogP contribution is -2.28. The molecule has 0 aromatic heterocycles. The number of hydrogen-bond acceptors (Lipinski definition) is 3. The fourth-order valence-electron chi connectivity index (χ4n) is 5.49. The lowest BCUT2D eigenvalue weighted by Gasteiger charge is -2.25. The standard InChI is InChI=1S/C35H71NO2/c1-5-9-12-14-15-16-17-18-19-20-21-24-30-36(32-29-34(8-4)27-11-7-3)31-25-23-28-35(37)38-33-26-22-13-10-6-2/h34H,5-33H2,1-4H3. The average Bonchev–Trinajstić information content (AvgIpc) is 2.93. The van der Waals surface area contributed by atoms with Crippen LogP contribution in [0.3, 0.4) is 0 Å². The second-order valence-electron chi connectivity index (χ2n) is 12.0. The highest BCUT2D eigenvalue weighted by Gasteiger charge is 2.11. The zero-order valence-electron chi connectivity index (χ0n) is 26.8. The zero-order chi connectivity index (χ0) is 27.9. The molecule has 0 bridgehead atoms. The van der Waals surface area contributed by atoms with E-state index in [1.54, 1.807) is 0 Å². The van der Waals surface area contributed by atoms with Gasteiger partial charge in [-0.15, -0.1) is 0 Å². The van der Waals surface area contributed by atoms with Gasteiger partial charge in [0.05, 0.1) is 6.61 Å². The van der Waals surface area contributed by atoms with E-state index >= 15 is 0 Å². The molecular formula is C35H71NO2. The van der Waals surface area contributed by atoms with E-state index in [0.717, 1.165) is 31.7 Å². The minimum atomic E-state index is 0.0126. The van der Waals surface area contributed by atoms with Crippen molar-refractivity contribution in [2.24, 2.45) is 5.92 Å². The first-order valence-electron chi connectivity index (χ1n) is 17.6. The van der Waals surface area contributed by atoms with Crippen LogP contribution < -0.4 is 0 Å². The lowest BCUT2D eigenvalue weighted by molar-refractivity contribution is -0.143. The molecule has 0 aliphatic heterocycles. The summed E-state index contributed by atoms with van der Waals surface area (Å²) in [7, 11) is 0. The van der Waals surface area contributed by atoms with Gasteiger partial charge in [0.15, 0.2) is 0 Å². The maximum Gasteiger partial charge on any atom is 0.305 e. The van der Waals surface area contributed by atoms with Crippen molar-refractivity contribution in [3.63, 3.8) is 0 Å². The molecule has 0 aromatic rings. The third-order valence-corrected chi connectivity index (χ3v) is 8.34. The third-order valence-electron chi connectivity index (χ3n) is 8.34. The Kier molecular flexibility index (Phi) is 30.5. The maximum atomic E-state index is 12.1. The topological polar surface area (TPSA) is 29.5 Å². The fraction of sp³-hybridized carbons (Fsp3) is 0.971. The SMILES string of the molecule is CCCCCCCCCCCCCCN(CCCCC(=O)OCCCCCCC)CCC(CC)CCCC.